The lowest BCUT2D eigenvalue weighted by atomic mass is 10.1. The van der Waals surface area contributed by atoms with E-state index < -0.39 is 56.9 Å². The van der Waals surface area contributed by atoms with Gasteiger partial charge in [0.15, 0.2) is 0 Å². The summed E-state index contributed by atoms with van der Waals surface area (Å²) in [5.41, 5.74) is 0.0933. The Labute approximate surface area is 243 Å². The van der Waals surface area contributed by atoms with Gasteiger partial charge in [0.1, 0.15) is 23.3 Å². The first-order valence-corrected chi connectivity index (χ1v) is 15.6. The second-order valence-corrected chi connectivity index (χ2v) is 14.7. The first-order chi connectivity index (χ1) is 18.9. The molecule has 0 saturated heterocycles. The smallest absolute Gasteiger partial charge is 0.408 e. The number of nitrogens with one attached hydrogen (secondary N) is 2. The number of amides is 4. The molecule has 0 aromatic heterocycles. The van der Waals surface area contributed by atoms with Crippen LogP contribution in [0.2, 0.25) is 0 Å². The molecule has 2 atom stereocenters. The Kier molecular flexibility index (Phi) is 11.6. The number of hydrogen-bond acceptors (Lipinski definition) is 6. The van der Waals surface area contributed by atoms with E-state index in [4.69, 9.17) is 9.47 Å². The highest BCUT2D eigenvalue weighted by Crippen LogP contribution is 2.12. The normalized spacial score (nSPS) is 13.3. The van der Waals surface area contributed by atoms with E-state index in [9.17, 15) is 19.2 Å². The van der Waals surface area contributed by atoms with Crippen LogP contribution in [0.4, 0.5) is 9.59 Å². The number of carbonyl (C=O) groups is 4. The molecule has 10 nitrogen and oxygen atoms in total. The van der Waals surface area contributed by atoms with E-state index in [1.54, 1.807) is 54.1 Å². The molecular weight excluding hydrogens is 544 g/mol. The number of ether oxygens (including phenoxy) is 2. The summed E-state index contributed by atoms with van der Waals surface area (Å²) in [6, 6.07) is 16.3. The molecule has 0 fully saturated rings. The molecule has 11 heteroatoms. The summed E-state index contributed by atoms with van der Waals surface area (Å²) in [5, 5.41) is 5.22. The summed E-state index contributed by atoms with van der Waals surface area (Å²) in [6.45, 7) is 10.3. The molecule has 0 unspecified atom stereocenters. The molecule has 0 radical (unpaired) electrons. The van der Waals surface area contributed by atoms with E-state index in [2.05, 4.69) is 19.4 Å². The zero-order valence-electron chi connectivity index (χ0n) is 25.1. The third-order valence-electron chi connectivity index (χ3n) is 5.17. The van der Waals surface area contributed by atoms with E-state index in [0.717, 1.165) is 11.1 Å². The predicted molar refractivity (Wildman–Crippen MR) is 161 cm³/mol. The molecule has 0 aliphatic carbocycles. The van der Waals surface area contributed by atoms with Crippen LogP contribution < -0.4 is 10.6 Å². The van der Waals surface area contributed by atoms with Crippen molar-refractivity contribution in [2.75, 3.05) is 12.5 Å². The van der Waals surface area contributed by atoms with Crippen molar-refractivity contribution in [2.45, 2.75) is 77.7 Å². The molecule has 2 N–H and O–H groups in total. The average Bonchev–Trinajstić information content (AvgIpc) is 2.81. The van der Waals surface area contributed by atoms with E-state index in [1.807, 2.05) is 60.7 Å². The summed E-state index contributed by atoms with van der Waals surface area (Å²) < 4.78 is 19.2. The molecule has 2 rings (SSSR count). The van der Waals surface area contributed by atoms with Crippen molar-refractivity contribution < 1.29 is 28.7 Å². The quantitative estimate of drug-likeness (QED) is 0.442. The molecule has 41 heavy (non-hydrogen) atoms. The molecule has 4 amide bonds. The molecular formula is C30H42N4O6S. The van der Waals surface area contributed by atoms with Gasteiger partial charge in [0.2, 0.25) is 0 Å². The summed E-state index contributed by atoms with van der Waals surface area (Å²) in [7, 11) is -2.53. The van der Waals surface area contributed by atoms with Crippen LogP contribution in [0.25, 0.3) is 0 Å². The minimum Gasteiger partial charge on any atom is -0.444 e. The van der Waals surface area contributed by atoms with E-state index in [0.29, 0.717) is 0 Å². The van der Waals surface area contributed by atoms with Crippen molar-refractivity contribution in [3.63, 3.8) is 0 Å². The molecule has 0 aliphatic heterocycles. The zero-order chi connectivity index (χ0) is 30.8. The topological polar surface area (TPSA) is 136 Å². The van der Waals surface area contributed by atoms with Crippen LogP contribution in [-0.4, -0.2) is 59.8 Å². The van der Waals surface area contributed by atoms with Crippen LogP contribution in [0.15, 0.2) is 69.4 Å². The Morgan fingerprint density at radius 3 is 1.27 bits per heavy atom. The standard InChI is InChI=1S/C30H42N4O6S/c1-29(2,3)39-27(37)31-23(19-21-15-11-9-12-16-21)25(35)33-41(7,8)34-26(36)24(20-22-17-13-10-14-18-22)32-28(38)40-30(4,5)6/h9-18,23-24H,19-20H2,1-8H3,(H,31,37)(H,32,38)/t23-,24-/m0/s1. The predicted octanol–water partition coefficient (Wildman–Crippen LogP) is 5.09. The van der Waals surface area contributed by atoms with Crippen LogP contribution in [0.3, 0.4) is 0 Å². The maximum Gasteiger partial charge on any atom is 0.408 e. The van der Waals surface area contributed by atoms with Gasteiger partial charge >= 0.3 is 12.2 Å². The van der Waals surface area contributed by atoms with Gasteiger partial charge in [-0.25, -0.2) is 9.59 Å². The summed E-state index contributed by atoms with van der Waals surface area (Å²) in [6.07, 6.45) is 2.00. The average molecular weight is 587 g/mol. The maximum atomic E-state index is 13.4. The van der Waals surface area contributed by atoms with Crippen molar-refractivity contribution in [2.24, 2.45) is 8.73 Å². The highest BCUT2D eigenvalue weighted by atomic mass is 32.2. The summed E-state index contributed by atoms with van der Waals surface area (Å²) in [5.74, 6) is -1.29. The lowest BCUT2D eigenvalue weighted by molar-refractivity contribution is -0.120. The lowest BCUT2D eigenvalue weighted by Crippen LogP contribution is -2.45. The van der Waals surface area contributed by atoms with Gasteiger partial charge in [-0.05, 0) is 62.3 Å². The monoisotopic (exact) mass is 586 g/mol. The largest absolute Gasteiger partial charge is 0.444 e. The molecule has 0 aliphatic rings. The number of hydrogen-bond donors (Lipinski definition) is 2. The van der Waals surface area contributed by atoms with Crippen molar-refractivity contribution >= 4 is 33.6 Å². The second kappa shape index (κ2) is 14.2. The fourth-order valence-electron chi connectivity index (χ4n) is 3.59. The molecule has 0 saturated carbocycles. The van der Waals surface area contributed by atoms with E-state index in [-0.39, 0.29) is 12.8 Å². The third kappa shape index (κ3) is 13.5. The highest BCUT2D eigenvalue weighted by Gasteiger charge is 2.27. The first-order valence-electron chi connectivity index (χ1n) is 13.3. The fraction of sp³-hybridized carbons (Fsp3) is 0.467. The Bertz CT molecular complexity index is 1230. The number of alkyl carbamates (subject to hydrolysis) is 2. The third-order valence-corrected chi connectivity index (χ3v) is 6.42. The highest BCUT2D eigenvalue weighted by molar-refractivity contribution is 7.95. The first kappa shape index (κ1) is 33.5. The molecule has 224 valence electrons. The van der Waals surface area contributed by atoms with Crippen molar-refractivity contribution in [1.29, 1.82) is 0 Å². The van der Waals surface area contributed by atoms with Crippen LogP contribution in [0.5, 0.6) is 0 Å². The van der Waals surface area contributed by atoms with Crippen LogP contribution in [0, 0.1) is 0 Å². The minimum atomic E-state index is -2.53. The van der Waals surface area contributed by atoms with Crippen molar-refractivity contribution in [3.05, 3.63) is 71.8 Å². The van der Waals surface area contributed by atoms with Gasteiger partial charge in [-0.1, -0.05) is 60.7 Å². The van der Waals surface area contributed by atoms with Crippen LogP contribution >= 0.6 is 0 Å². The number of benzene rings is 2. The Morgan fingerprint density at radius 2 is 0.976 bits per heavy atom. The molecule has 0 heterocycles. The van der Waals surface area contributed by atoms with Crippen molar-refractivity contribution in [3.8, 4) is 0 Å². The molecule has 0 spiro atoms. The van der Waals surface area contributed by atoms with E-state index >= 15 is 0 Å². The maximum absolute atomic E-state index is 13.4. The number of rotatable bonds is 8. The lowest BCUT2D eigenvalue weighted by Gasteiger charge is -2.23. The van der Waals surface area contributed by atoms with Gasteiger partial charge in [0.25, 0.3) is 11.8 Å². The van der Waals surface area contributed by atoms with Crippen LogP contribution in [0.1, 0.15) is 52.7 Å². The van der Waals surface area contributed by atoms with Gasteiger partial charge < -0.3 is 20.1 Å². The SMILES string of the molecule is CC(C)(C)OC(=O)N[C@@H](Cc1ccccc1)C(=O)N=S(C)(C)=NC(=O)[C@H](Cc1ccccc1)NC(=O)OC(C)(C)C. The minimum absolute atomic E-state index is 0.169. The van der Waals surface area contributed by atoms with Gasteiger partial charge in [0.05, 0.1) is 0 Å². The van der Waals surface area contributed by atoms with Crippen molar-refractivity contribution in [1.82, 2.24) is 10.6 Å². The Morgan fingerprint density at radius 1 is 0.659 bits per heavy atom. The Hall–Kier alpha value is -3.73. The van der Waals surface area contributed by atoms with Gasteiger partial charge in [0, 0.05) is 25.4 Å². The zero-order valence-corrected chi connectivity index (χ0v) is 25.9. The fourth-order valence-corrected chi connectivity index (χ4v) is 4.76. The number of carbonyl (C=O) groups excluding carboxylic acids is 4. The van der Waals surface area contributed by atoms with Gasteiger partial charge in [-0.2, -0.15) is 8.73 Å². The summed E-state index contributed by atoms with van der Waals surface area (Å²) >= 11 is 0. The Balaban J connectivity index is 2.37. The second-order valence-electron chi connectivity index (χ2n) is 11.9. The molecule has 2 aromatic rings. The number of nitrogens with zero attached hydrogens (tertiary/aromatic N) is 2. The van der Waals surface area contributed by atoms with Gasteiger partial charge in [-0.3, -0.25) is 9.59 Å². The van der Waals surface area contributed by atoms with Crippen LogP contribution in [-0.2, 0) is 41.5 Å². The molecule has 2 aromatic carbocycles. The van der Waals surface area contributed by atoms with Gasteiger partial charge in [-0.15, -0.1) is 0 Å². The summed E-state index contributed by atoms with van der Waals surface area (Å²) in [4.78, 5) is 51.8. The van der Waals surface area contributed by atoms with E-state index in [1.165, 1.54) is 0 Å². The molecule has 0 bridgehead atoms.